The normalized spacial score (nSPS) is 10.9. The lowest BCUT2D eigenvalue weighted by Gasteiger charge is -2.09. The Morgan fingerprint density at radius 3 is 2.17 bits per heavy atom. The average Bonchev–Trinajstić information content (AvgIpc) is 2.71. The minimum absolute atomic E-state index is 0.0874. The molecule has 0 amide bonds. The van der Waals surface area contributed by atoms with Gasteiger partial charge in [-0.25, -0.2) is 0 Å². The Bertz CT molecular complexity index is 561. The van der Waals surface area contributed by atoms with E-state index < -0.39 is 0 Å². The average molecular weight is 241 g/mol. The van der Waals surface area contributed by atoms with Gasteiger partial charge in [-0.3, -0.25) is 4.79 Å². The van der Waals surface area contributed by atoms with Crippen molar-refractivity contribution in [2.75, 3.05) is 0 Å². The standard InChI is InChI=1S/C16H19NO/c1-11(2)14-9-10-15(17(14)4)16(18)13-7-5-12(3)6-8-13/h5-11H,1-4H3. The summed E-state index contributed by atoms with van der Waals surface area (Å²) in [6.07, 6.45) is 0. The van der Waals surface area contributed by atoms with Crippen LogP contribution in [0.1, 0.15) is 47.1 Å². The molecular formula is C16H19NO. The third-order valence-electron chi connectivity index (χ3n) is 3.30. The zero-order valence-electron chi connectivity index (χ0n) is 11.4. The summed E-state index contributed by atoms with van der Waals surface area (Å²) in [5, 5.41) is 0. The zero-order valence-corrected chi connectivity index (χ0v) is 11.4. The molecule has 0 bridgehead atoms. The molecule has 2 rings (SSSR count). The molecule has 0 atom stereocenters. The molecule has 0 fully saturated rings. The molecule has 1 aromatic carbocycles. The summed E-state index contributed by atoms with van der Waals surface area (Å²) < 4.78 is 1.99. The lowest BCUT2D eigenvalue weighted by atomic mass is 10.1. The minimum Gasteiger partial charge on any atom is -0.345 e. The lowest BCUT2D eigenvalue weighted by Crippen LogP contribution is -2.09. The van der Waals surface area contributed by atoms with Gasteiger partial charge >= 0.3 is 0 Å². The van der Waals surface area contributed by atoms with E-state index in [0.29, 0.717) is 5.92 Å². The molecule has 94 valence electrons. The summed E-state index contributed by atoms with van der Waals surface area (Å²) >= 11 is 0. The molecule has 1 heterocycles. The van der Waals surface area contributed by atoms with Gasteiger partial charge in [0.25, 0.3) is 0 Å². The second-order valence-corrected chi connectivity index (χ2v) is 5.05. The molecule has 0 saturated heterocycles. The Kier molecular flexibility index (Phi) is 3.37. The monoisotopic (exact) mass is 241 g/mol. The topological polar surface area (TPSA) is 22.0 Å². The van der Waals surface area contributed by atoms with Gasteiger partial charge in [-0.1, -0.05) is 43.7 Å². The molecule has 2 nitrogen and oxygen atoms in total. The Morgan fingerprint density at radius 2 is 1.67 bits per heavy atom. The molecule has 0 spiro atoms. The number of aryl methyl sites for hydroxylation is 1. The number of rotatable bonds is 3. The smallest absolute Gasteiger partial charge is 0.209 e. The fourth-order valence-electron chi connectivity index (χ4n) is 2.19. The number of ketones is 1. The highest BCUT2D eigenvalue weighted by molar-refractivity contribution is 6.08. The highest BCUT2D eigenvalue weighted by Crippen LogP contribution is 2.19. The number of aromatic nitrogens is 1. The van der Waals surface area contributed by atoms with E-state index in [1.165, 1.54) is 11.3 Å². The van der Waals surface area contributed by atoms with E-state index in [2.05, 4.69) is 13.8 Å². The first kappa shape index (κ1) is 12.6. The van der Waals surface area contributed by atoms with E-state index in [1.807, 2.05) is 54.9 Å². The van der Waals surface area contributed by atoms with Gasteiger partial charge in [-0.2, -0.15) is 0 Å². The molecule has 2 aromatic rings. The maximum absolute atomic E-state index is 12.4. The zero-order chi connectivity index (χ0) is 13.3. The van der Waals surface area contributed by atoms with Crippen molar-refractivity contribution < 1.29 is 4.79 Å². The minimum atomic E-state index is 0.0874. The van der Waals surface area contributed by atoms with Crippen LogP contribution in [0.15, 0.2) is 36.4 Å². The van der Waals surface area contributed by atoms with Crippen molar-refractivity contribution in [2.45, 2.75) is 26.7 Å². The van der Waals surface area contributed by atoms with E-state index >= 15 is 0 Å². The Hall–Kier alpha value is -1.83. The van der Waals surface area contributed by atoms with Gasteiger partial charge in [0.05, 0.1) is 5.69 Å². The van der Waals surface area contributed by atoms with Crippen LogP contribution in [0.3, 0.4) is 0 Å². The van der Waals surface area contributed by atoms with Gasteiger partial charge in [0.15, 0.2) is 0 Å². The van der Waals surface area contributed by atoms with Crippen LogP contribution in [0.4, 0.5) is 0 Å². The van der Waals surface area contributed by atoms with Crippen LogP contribution < -0.4 is 0 Å². The molecular weight excluding hydrogens is 222 g/mol. The van der Waals surface area contributed by atoms with Crippen molar-refractivity contribution in [3.05, 3.63) is 58.9 Å². The van der Waals surface area contributed by atoms with Crippen molar-refractivity contribution in [3.8, 4) is 0 Å². The molecule has 1 aromatic heterocycles. The summed E-state index contributed by atoms with van der Waals surface area (Å²) in [7, 11) is 1.96. The van der Waals surface area contributed by atoms with Crippen molar-refractivity contribution in [1.82, 2.24) is 4.57 Å². The second kappa shape index (κ2) is 4.81. The maximum Gasteiger partial charge on any atom is 0.209 e. The van der Waals surface area contributed by atoms with Crippen LogP contribution in [0.25, 0.3) is 0 Å². The van der Waals surface area contributed by atoms with E-state index in [-0.39, 0.29) is 5.78 Å². The third kappa shape index (κ3) is 2.23. The van der Waals surface area contributed by atoms with Crippen molar-refractivity contribution >= 4 is 5.78 Å². The molecule has 0 N–H and O–H groups in total. The first-order valence-electron chi connectivity index (χ1n) is 6.27. The van der Waals surface area contributed by atoms with E-state index in [1.54, 1.807) is 0 Å². The van der Waals surface area contributed by atoms with Crippen LogP contribution in [0.5, 0.6) is 0 Å². The molecule has 2 heteroatoms. The number of carbonyl (C=O) groups is 1. The van der Waals surface area contributed by atoms with E-state index in [0.717, 1.165) is 11.3 Å². The summed E-state index contributed by atoms with van der Waals surface area (Å²) in [6.45, 7) is 6.29. The van der Waals surface area contributed by atoms with Gasteiger partial charge in [0.1, 0.15) is 0 Å². The van der Waals surface area contributed by atoms with E-state index in [4.69, 9.17) is 0 Å². The molecule has 0 aliphatic carbocycles. The molecule has 0 radical (unpaired) electrons. The fourth-order valence-corrected chi connectivity index (χ4v) is 2.19. The Balaban J connectivity index is 2.37. The SMILES string of the molecule is Cc1ccc(C(=O)c2ccc(C(C)C)n2C)cc1. The third-order valence-corrected chi connectivity index (χ3v) is 3.30. The largest absolute Gasteiger partial charge is 0.345 e. The first-order valence-corrected chi connectivity index (χ1v) is 6.27. The molecule has 18 heavy (non-hydrogen) atoms. The van der Waals surface area contributed by atoms with Gasteiger partial charge in [-0.15, -0.1) is 0 Å². The van der Waals surface area contributed by atoms with Gasteiger partial charge in [0.2, 0.25) is 5.78 Å². The quantitative estimate of drug-likeness (QED) is 0.751. The molecule has 0 aliphatic heterocycles. The number of carbonyl (C=O) groups excluding carboxylic acids is 1. The van der Waals surface area contributed by atoms with Crippen molar-refractivity contribution in [1.29, 1.82) is 0 Å². The van der Waals surface area contributed by atoms with Gasteiger partial charge in [-0.05, 0) is 25.0 Å². The van der Waals surface area contributed by atoms with Gasteiger partial charge < -0.3 is 4.57 Å². The van der Waals surface area contributed by atoms with E-state index in [9.17, 15) is 4.79 Å². The van der Waals surface area contributed by atoms with Gasteiger partial charge in [0, 0.05) is 18.3 Å². The first-order chi connectivity index (χ1) is 8.50. The number of benzene rings is 1. The highest BCUT2D eigenvalue weighted by atomic mass is 16.1. The summed E-state index contributed by atoms with van der Waals surface area (Å²) in [5.74, 6) is 0.513. The predicted molar refractivity (Wildman–Crippen MR) is 74.1 cm³/mol. The molecule has 0 unspecified atom stereocenters. The molecule has 0 aliphatic rings. The highest BCUT2D eigenvalue weighted by Gasteiger charge is 2.15. The van der Waals surface area contributed by atoms with Crippen LogP contribution in [0, 0.1) is 6.92 Å². The van der Waals surface area contributed by atoms with Crippen LogP contribution in [-0.4, -0.2) is 10.4 Å². The fraction of sp³-hybridized carbons (Fsp3) is 0.312. The summed E-state index contributed by atoms with van der Waals surface area (Å²) in [6, 6.07) is 11.7. The van der Waals surface area contributed by atoms with Crippen molar-refractivity contribution in [3.63, 3.8) is 0 Å². The van der Waals surface area contributed by atoms with Crippen molar-refractivity contribution in [2.24, 2.45) is 7.05 Å². The lowest BCUT2D eigenvalue weighted by molar-refractivity contribution is 0.103. The summed E-state index contributed by atoms with van der Waals surface area (Å²) in [4.78, 5) is 12.4. The van der Waals surface area contributed by atoms with Crippen LogP contribution in [-0.2, 0) is 7.05 Å². The number of nitrogens with zero attached hydrogens (tertiary/aromatic N) is 1. The number of hydrogen-bond donors (Lipinski definition) is 0. The second-order valence-electron chi connectivity index (χ2n) is 5.05. The van der Waals surface area contributed by atoms with Crippen LogP contribution >= 0.6 is 0 Å². The Morgan fingerprint density at radius 1 is 1.06 bits per heavy atom. The van der Waals surface area contributed by atoms with Crippen LogP contribution in [0.2, 0.25) is 0 Å². The summed E-state index contributed by atoms with van der Waals surface area (Å²) in [5.41, 5.74) is 3.85. The Labute approximate surface area is 108 Å². The number of hydrogen-bond acceptors (Lipinski definition) is 1. The molecule has 0 saturated carbocycles. The maximum atomic E-state index is 12.4. The predicted octanol–water partition coefficient (Wildman–Crippen LogP) is 3.69.